The van der Waals surface area contributed by atoms with Crippen LogP contribution in [-0.4, -0.2) is 17.5 Å². The number of anilines is 2. The molecule has 31 heavy (non-hydrogen) atoms. The smallest absolute Gasteiger partial charge is 0.266 e. The number of nitrogens with zero attached hydrogens (tertiary/aromatic N) is 2. The number of carbonyl (C=O) groups excluding carboxylic acids is 1. The van der Waals surface area contributed by atoms with Crippen molar-refractivity contribution < 1.29 is 4.79 Å². The number of hydrogen-bond donors (Lipinski definition) is 1. The first kappa shape index (κ1) is 23.1. The normalized spacial score (nSPS) is 17.8. The third-order valence-electron chi connectivity index (χ3n) is 5.93. The Bertz CT molecular complexity index is 1080. The molecule has 3 rings (SSSR count). The number of halogens is 1. The van der Waals surface area contributed by atoms with E-state index in [-0.39, 0.29) is 11.1 Å². The number of benzene rings is 2. The molecule has 0 spiro atoms. The van der Waals surface area contributed by atoms with Crippen molar-refractivity contribution in [3.8, 4) is 6.07 Å². The van der Waals surface area contributed by atoms with Gasteiger partial charge >= 0.3 is 0 Å². The molecule has 2 aromatic carbocycles. The minimum absolute atomic E-state index is 0.0754. The Labute approximate surface area is 194 Å². The number of rotatable bonds is 4. The molecule has 1 heterocycles. The lowest BCUT2D eigenvalue weighted by molar-refractivity contribution is -0.112. The van der Waals surface area contributed by atoms with E-state index in [1.54, 1.807) is 18.2 Å². The molecule has 4 nitrogen and oxygen atoms in total. The summed E-state index contributed by atoms with van der Waals surface area (Å²) in [4.78, 5) is 15.2. The predicted octanol–water partition coefficient (Wildman–Crippen LogP) is 6.80. The number of nitriles is 1. The Morgan fingerprint density at radius 3 is 2.65 bits per heavy atom. The van der Waals surface area contributed by atoms with Crippen LogP contribution in [0.25, 0.3) is 6.08 Å². The topological polar surface area (TPSA) is 56.1 Å². The van der Waals surface area contributed by atoms with Crippen molar-refractivity contribution in [2.24, 2.45) is 0 Å². The maximum absolute atomic E-state index is 12.7. The summed E-state index contributed by atoms with van der Waals surface area (Å²) in [6.45, 7) is 13.4. The quantitative estimate of drug-likeness (QED) is 0.387. The highest BCUT2D eigenvalue weighted by Gasteiger charge is 2.37. The van der Waals surface area contributed by atoms with Crippen LogP contribution in [0.5, 0.6) is 0 Å². The van der Waals surface area contributed by atoms with E-state index >= 15 is 0 Å². The second kappa shape index (κ2) is 8.88. The number of nitrogens with one attached hydrogen (secondary N) is 1. The molecule has 1 unspecified atom stereocenters. The minimum Gasteiger partial charge on any atom is -0.364 e. The van der Waals surface area contributed by atoms with Gasteiger partial charge in [0, 0.05) is 27.4 Å². The second-order valence-corrected chi connectivity index (χ2v) is 10.2. The van der Waals surface area contributed by atoms with E-state index in [0.717, 1.165) is 22.0 Å². The predicted molar refractivity (Wildman–Crippen MR) is 132 cm³/mol. The molecule has 0 saturated carbocycles. The summed E-state index contributed by atoms with van der Waals surface area (Å²) >= 11 is 3.40. The van der Waals surface area contributed by atoms with E-state index in [0.29, 0.717) is 17.6 Å². The maximum atomic E-state index is 12.7. The molecule has 0 radical (unpaired) electrons. The molecule has 1 aliphatic heterocycles. The third-order valence-corrected chi connectivity index (χ3v) is 6.42. The van der Waals surface area contributed by atoms with E-state index in [2.05, 4.69) is 79.0 Å². The van der Waals surface area contributed by atoms with Gasteiger partial charge in [-0.05, 0) is 100 Å². The standard InChI is InChI=1S/C26H30BrN3O/c1-16(2)30-24-10-17(3)19(12-23(24)18(4)14-26(30,5)6)11-20(15-28)25(31)29-22-9-7-8-21(27)13-22/h7-13,16,18H,14H2,1-6H3,(H,29,31)/b20-11-. The highest BCUT2D eigenvalue weighted by molar-refractivity contribution is 9.10. The lowest BCUT2D eigenvalue weighted by atomic mass is 9.78. The molecule has 2 aromatic rings. The molecule has 0 fully saturated rings. The monoisotopic (exact) mass is 479 g/mol. The lowest BCUT2D eigenvalue weighted by Gasteiger charge is -2.50. The SMILES string of the molecule is Cc1cc2c(cc1/C=C(/C#N)C(=O)Nc1cccc(Br)c1)C(C)CC(C)(C)N2C(C)C. The van der Waals surface area contributed by atoms with Crippen molar-refractivity contribution >= 4 is 39.3 Å². The first-order valence-corrected chi connectivity index (χ1v) is 11.5. The first-order valence-electron chi connectivity index (χ1n) is 10.7. The Balaban J connectivity index is 1.99. The Kier molecular flexibility index (Phi) is 6.62. The van der Waals surface area contributed by atoms with Gasteiger partial charge in [0.15, 0.2) is 0 Å². The fourth-order valence-corrected chi connectivity index (χ4v) is 5.21. The van der Waals surface area contributed by atoms with Crippen molar-refractivity contribution in [3.63, 3.8) is 0 Å². The van der Waals surface area contributed by atoms with Crippen molar-refractivity contribution in [2.75, 3.05) is 10.2 Å². The van der Waals surface area contributed by atoms with Crippen molar-refractivity contribution in [1.29, 1.82) is 5.26 Å². The van der Waals surface area contributed by atoms with Gasteiger partial charge in [-0.15, -0.1) is 0 Å². The van der Waals surface area contributed by atoms with Gasteiger partial charge in [0.05, 0.1) is 0 Å². The molecule has 1 N–H and O–H groups in total. The van der Waals surface area contributed by atoms with Crippen LogP contribution < -0.4 is 10.2 Å². The van der Waals surface area contributed by atoms with Gasteiger partial charge in [-0.3, -0.25) is 4.79 Å². The average Bonchev–Trinajstić information content (AvgIpc) is 2.65. The van der Waals surface area contributed by atoms with Gasteiger partial charge in [-0.25, -0.2) is 0 Å². The zero-order valence-electron chi connectivity index (χ0n) is 19.1. The number of aryl methyl sites for hydroxylation is 1. The van der Waals surface area contributed by atoms with Crippen molar-refractivity contribution in [1.82, 2.24) is 0 Å². The summed E-state index contributed by atoms with van der Waals surface area (Å²) in [5.74, 6) is -0.00973. The average molecular weight is 480 g/mol. The fraction of sp³-hybridized carbons (Fsp3) is 0.385. The molecule has 0 aliphatic carbocycles. The van der Waals surface area contributed by atoms with Crippen LogP contribution in [-0.2, 0) is 4.79 Å². The summed E-state index contributed by atoms with van der Waals surface area (Å²) in [6, 6.07) is 14.1. The summed E-state index contributed by atoms with van der Waals surface area (Å²) in [7, 11) is 0. The van der Waals surface area contributed by atoms with E-state index in [1.165, 1.54) is 11.3 Å². The van der Waals surface area contributed by atoms with Crippen LogP contribution in [0.3, 0.4) is 0 Å². The van der Waals surface area contributed by atoms with E-state index in [1.807, 2.05) is 19.1 Å². The van der Waals surface area contributed by atoms with Crippen LogP contribution in [0, 0.1) is 18.3 Å². The van der Waals surface area contributed by atoms with Gasteiger partial charge < -0.3 is 10.2 Å². The first-order chi connectivity index (χ1) is 14.5. The number of fused-ring (bicyclic) bond motifs is 1. The molecule has 1 aliphatic rings. The molecular formula is C26H30BrN3O. The summed E-state index contributed by atoms with van der Waals surface area (Å²) in [6.07, 6.45) is 2.76. The van der Waals surface area contributed by atoms with Crippen molar-refractivity contribution in [2.45, 2.75) is 65.5 Å². The van der Waals surface area contributed by atoms with Crippen LogP contribution in [0.2, 0.25) is 0 Å². The van der Waals surface area contributed by atoms with Crippen LogP contribution in [0.1, 0.15) is 63.6 Å². The van der Waals surface area contributed by atoms with Crippen molar-refractivity contribution in [3.05, 3.63) is 63.1 Å². The van der Waals surface area contributed by atoms with Crippen LogP contribution in [0.4, 0.5) is 11.4 Å². The molecule has 5 heteroatoms. The Morgan fingerprint density at radius 1 is 1.32 bits per heavy atom. The summed E-state index contributed by atoms with van der Waals surface area (Å²) < 4.78 is 0.866. The largest absolute Gasteiger partial charge is 0.364 e. The van der Waals surface area contributed by atoms with E-state index in [4.69, 9.17) is 0 Å². The highest BCUT2D eigenvalue weighted by Crippen LogP contribution is 2.45. The highest BCUT2D eigenvalue weighted by atomic mass is 79.9. The number of hydrogen-bond acceptors (Lipinski definition) is 3. The minimum atomic E-state index is -0.407. The molecule has 0 bridgehead atoms. The van der Waals surface area contributed by atoms with Gasteiger partial charge in [0.25, 0.3) is 5.91 Å². The maximum Gasteiger partial charge on any atom is 0.266 e. The lowest BCUT2D eigenvalue weighted by Crippen LogP contribution is -2.51. The zero-order chi connectivity index (χ0) is 22.9. The van der Waals surface area contributed by atoms with Gasteiger partial charge in [-0.1, -0.05) is 28.9 Å². The Hall–Kier alpha value is -2.58. The van der Waals surface area contributed by atoms with Gasteiger partial charge in [0.2, 0.25) is 0 Å². The zero-order valence-corrected chi connectivity index (χ0v) is 20.7. The number of amides is 1. The van der Waals surface area contributed by atoms with E-state index in [9.17, 15) is 10.1 Å². The molecule has 0 saturated heterocycles. The number of carbonyl (C=O) groups is 1. The molecule has 1 atom stereocenters. The molecule has 162 valence electrons. The fourth-order valence-electron chi connectivity index (χ4n) is 4.82. The van der Waals surface area contributed by atoms with Crippen LogP contribution in [0.15, 0.2) is 46.4 Å². The summed E-state index contributed by atoms with van der Waals surface area (Å²) in [5.41, 5.74) is 5.30. The summed E-state index contributed by atoms with van der Waals surface area (Å²) in [5, 5.41) is 12.5. The van der Waals surface area contributed by atoms with Crippen LogP contribution >= 0.6 is 15.9 Å². The van der Waals surface area contributed by atoms with E-state index < -0.39 is 5.91 Å². The second-order valence-electron chi connectivity index (χ2n) is 9.28. The third kappa shape index (κ3) is 4.85. The Morgan fingerprint density at radius 2 is 2.03 bits per heavy atom. The molecule has 0 aromatic heterocycles. The van der Waals surface area contributed by atoms with Gasteiger partial charge in [-0.2, -0.15) is 5.26 Å². The van der Waals surface area contributed by atoms with Gasteiger partial charge in [0.1, 0.15) is 11.6 Å². The molecular weight excluding hydrogens is 450 g/mol. The molecule has 1 amide bonds.